The number of rotatable bonds is 4. The second kappa shape index (κ2) is 6.47. The monoisotopic (exact) mass is 308 g/mol. The van der Waals surface area contributed by atoms with Crippen LogP contribution in [0.5, 0.6) is 11.5 Å². The lowest BCUT2D eigenvalue weighted by molar-refractivity contribution is 0.503. The molecule has 106 valence electrons. The summed E-state index contributed by atoms with van der Waals surface area (Å²) in [6, 6.07) is 12.0. The third-order valence-corrected chi connectivity index (χ3v) is 4.10. The molecule has 2 rings (SSSR count). The van der Waals surface area contributed by atoms with Gasteiger partial charge in [-0.25, -0.2) is 0 Å². The first-order chi connectivity index (χ1) is 9.45. The molecule has 0 atom stereocenters. The molecule has 2 aromatic rings. The summed E-state index contributed by atoms with van der Waals surface area (Å²) < 4.78 is 11.4. The maximum absolute atomic E-state index is 6.19. The summed E-state index contributed by atoms with van der Waals surface area (Å²) in [5.74, 6) is 1.53. The van der Waals surface area contributed by atoms with Gasteiger partial charge < -0.3 is 9.05 Å². The van der Waals surface area contributed by atoms with Crippen molar-refractivity contribution in [1.82, 2.24) is 0 Å². The third kappa shape index (κ3) is 3.88. The molecule has 0 unspecified atom stereocenters. The molecule has 0 aromatic heterocycles. The normalized spacial score (nSPS) is 10.7. The minimum atomic E-state index is -1.51. The topological polar surface area (TPSA) is 18.5 Å². The van der Waals surface area contributed by atoms with Crippen LogP contribution in [0.1, 0.15) is 22.3 Å². The van der Waals surface area contributed by atoms with E-state index < -0.39 is 7.73 Å². The molecule has 0 spiro atoms. The first-order valence-corrected chi connectivity index (χ1v) is 8.50. The van der Waals surface area contributed by atoms with E-state index in [2.05, 4.69) is 12.1 Å². The number of hydrogen-bond donors (Lipinski definition) is 0. The second-order valence-corrected chi connectivity index (χ2v) is 6.55. The maximum atomic E-state index is 6.19. The van der Waals surface area contributed by atoms with Gasteiger partial charge in [0.25, 0.3) is 0 Å². The van der Waals surface area contributed by atoms with Gasteiger partial charge in [-0.2, -0.15) is 0 Å². The summed E-state index contributed by atoms with van der Waals surface area (Å²) in [4.78, 5) is 0. The van der Waals surface area contributed by atoms with Gasteiger partial charge >= 0.3 is 7.73 Å². The summed E-state index contributed by atoms with van der Waals surface area (Å²) in [5, 5.41) is 0. The highest BCUT2D eigenvalue weighted by Crippen LogP contribution is 2.46. The molecule has 4 heteroatoms. The highest BCUT2D eigenvalue weighted by atomic mass is 35.7. The van der Waals surface area contributed by atoms with Crippen molar-refractivity contribution in [1.29, 1.82) is 0 Å². The van der Waals surface area contributed by atoms with Crippen molar-refractivity contribution in [3.63, 3.8) is 0 Å². The van der Waals surface area contributed by atoms with E-state index in [0.29, 0.717) is 0 Å². The van der Waals surface area contributed by atoms with Crippen LogP contribution >= 0.6 is 19.0 Å². The lowest BCUT2D eigenvalue weighted by Crippen LogP contribution is -1.94. The predicted octanol–water partition coefficient (Wildman–Crippen LogP) is 5.84. The molecule has 0 saturated heterocycles. The summed E-state index contributed by atoms with van der Waals surface area (Å²) in [7, 11) is -1.51. The minimum Gasteiger partial charge on any atom is -0.427 e. The first-order valence-electron chi connectivity index (χ1n) is 6.42. The standard InChI is InChI=1S/C16H18ClO2P/c1-11-5-7-15(13(3)9-11)18-20(17)19-16-8-6-12(2)10-14(16)4/h5-10H,1-4H3. The Kier molecular flexibility index (Phi) is 4.91. The molecule has 0 amide bonds. The predicted molar refractivity (Wildman–Crippen MR) is 85.9 cm³/mol. The zero-order valence-electron chi connectivity index (χ0n) is 12.1. The van der Waals surface area contributed by atoms with Crippen molar-refractivity contribution in [2.24, 2.45) is 0 Å². The molecule has 20 heavy (non-hydrogen) atoms. The maximum Gasteiger partial charge on any atom is 0.401 e. The molecule has 0 aliphatic heterocycles. The molecular formula is C16H18ClO2P. The third-order valence-electron chi connectivity index (χ3n) is 3.00. The van der Waals surface area contributed by atoms with E-state index in [1.807, 2.05) is 52.0 Å². The molecule has 0 aliphatic carbocycles. The Morgan fingerprint density at radius 3 is 1.50 bits per heavy atom. The SMILES string of the molecule is Cc1ccc(OP(Cl)Oc2ccc(C)cc2C)c(C)c1. The van der Waals surface area contributed by atoms with E-state index in [9.17, 15) is 0 Å². The molecule has 0 fully saturated rings. The van der Waals surface area contributed by atoms with E-state index in [4.69, 9.17) is 20.3 Å². The van der Waals surface area contributed by atoms with Crippen LogP contribution in [0.3, 0.4) is 0 Å². The van der Waals surface area contributed by atoms with Gasteiger partial charge in [0.15, 0.2) is 0 Å². The zero-order chi connectivity index (χ0) is 14.7. The fourth-order valence-electron chi connectivity index (χ4n) is 1.98. The van der Waals surface area contributed by atoms with Gasteiger partial charge in [0, 0.05) is 0 Å². The number of halogens is 1. The lowest BCUT2D eigenvalue weighted by Gasteiger charge is -2.15. The Balaban J connectivity index is 2.07. The van der Waals surface area contributed by atoms with Gasteiger partial charge in [-0.15, -0.1) is 0 Å². The molecule has 0 heterocycles. The van der Waals surface area contributed by atoms with Crippen LogP contribution in [0, 0.1) is 27.7 Å². The van der Waals surface area contributed by atoms with Crippen molar-refractivity contribution >= 4 is 19.0 Å². The molecule has 2 aromatic carbocycles. The van der Waals surface area contributed by atoms with Crippen molar-refractivity contribution in [3.05, 3.63) is 58.7 Å². The van der Waals surface area contributed by atoms with Gasteiger partial charge in [-0.3, -0.25) is 0 Å². The van der Waals surface area contributed by atoms with Crippen molar-refractivity contribution < 1.29 is 9.05 Å². The molecule has 2 nitrogen and oxygen atoms in total. The van der Waals surface area contributed by atoms with E-state index >= 15 is 0 Å². The molecule has 0 aliphatic rings. The Morgan fingerprint density at radius 1 is 0.750 bits per heavy atom. The quantitative estimate of drug-likeness (QED) is 0.660. The van der Waals surface area contributed by atoms with E-state index in [1.54, 1.807) is 0 Å². The number of aryl methyl sites for hydroxylation is 4. The highest BCUT2D eigenvalue weighted by Gasteiger charge is 2.14. The highest BCUT2D eigenvalue weighted by molar-refractivity contribution is 7.76. The van der Waals surface area contributed by atoms with Crippen LogP contribution in [0.4, 0.5) is 0 Å². The van der Waals surface area contributed by atoms with E-state index in [-0.39, 0.29) is 0 Å². The van der Waals surface area contributed by atoms with Gasteiger partial charge in [0.05, 0.1) is 0 Å². The molecule has 0 saturated carbocycles. The Bertz CT molecular complexity index is 560. The second-order valence-electron chi connectivity index (χ2n) is 4.93. The Hall–Kier alpha value is -1.24. The largest absolute Gasteiger partial charge is 0.427 e. The fourth-order valence-corrected chi connectivity index (χ4v) is 3.18. The van der Waals surface area contributed by atoms with Crippen molar-refractivity contribution in [3.8, 4) is 11.5 Å². The van der Waals surface area contributed by atoms with Crippen LogP contribution in [-0.2, 0) is 0 Å². The van der Waals surface area contributed by atoms with Crippen LogP contribution in [-0.4, -0.2) is 0 Å². The lowest BCUT2D eigenvalue weighted by atomic mass is 10.1. The molecule has 0 radical (unpaired) electrons. The summed E-state index contributed by atoms with van der Waals surface area (Å²) >= 11 is 6.19. The summed E-state index contributed by atoms with van der Waals surface area (Å²) in [5.41, 5.74) is 4.51. The number of benzene rings is 2. The first kappa shape index (κ1) is 15.2. The van der Waals surface area contributed by atoms with Crippen molar-refractivity contribution in [2.45, 2.75) is 27.7 Å². The van der Waals surface area contributed by atoms with Crippen LogP contribution in [0.25, 0.3) is 0 Å². The molecular weight excluding hydrogens is 291 g/mol. The molecule has 0 N–H and O–H groups in total. The number of hydrogen-bond acceptors (Lipinski definition) is 2. The molecule has 0 bridgehead atoms. The summed E-state index contributed by atoms with van der Waals surface area (Å²) in [6.07, 6.45) is 0. The summed E-state index contributed by atoms with van der Waals surface area (Å²) in [6.45, 7) is 8.10. The van der Waals surface area contributed by atoms with Crippen LogP contribution < -0.4 is 9.05 Å². The average molecular weight is 309 g/mol. The van der Waals surface area contributed by atoms with E-state index in [0.717, 1.165) is 22.6 Å². The van der Waals surface area contributed by atoms with Crippen LogP contribution in [0.15, 0.2) is 36.4 Å². The van der Waals surface area contributed by atoms with Gasteiger partial charge in [0.2, 0.25) is 0 Å². The zero-order valence-corrected chi connectivity index (χ0v) is 13.8. The van der Waals surface area contributed by atoms with Crippen LogP contribution in [0.2, 0.25) is 0 Å². The van der Waals surface area contributed by atoms with Gasteiger partial charge in [0.1, 0.15) is 11.5 Å². The minimum absolute atomic E-state index is 0.765. The Labute approximate surface area is 126 Å². The van der Waals surface area contributed by atoms with E-state index in [1.165, 1.54) is 11.1 Å². The van der Waals surface area contributed by atoms with Crippen molar-refractivity contribution in [2.75, 3.05) is 0 Å². The smallest absolute Gasteiger partial charge is 0.401 e. The van der Waals surface area contributed by atoms with Gasteiger partial charge in [-0.1, -0.05) is 35.4 Å². The van der Waals surface area contributed by atoms with Gasteiger partial charge in [-0.05, 0) is 62.2 Å². The average Bonchev–Trinajstić information content (AvgIpc) is 2.36. The fraction of sp³-hybridized carbons (Fsp3) is 0.250. The Morgan fingerprint density at radius 2 is 1.15 bits per heavy atom.